The molecule has 104 valence electrons. The molecule has 0 amide bonds. The van der Waals surface area contributed by atoms with Crippen LogP contribution in [0.3, 0.4) is 0 Å². The molecule has 1 aromatic rings. The predicted molar refractivity (Wildman–Crippen MR) is 61.8 cm³/mol. The van der Waals surface area contributed by atoms with Crippen molar-refractivity contribution in [3.8, 4) is 0 Å². The Morgan fingerprint density at radius 3 is 2.72 bits per heavy atom. The molecule has 1 aliphatic heterocycles. The highest BCUT2D eigenvalue weighted by Gasteiger charge is 2.34. The Morgan fingerprint density at radius 1 is 1.56 bits per heavy atom. The zero-order valence-electron chi connectivity index (χ0n) is 9.48. The predicted octanol–water partition coefficient (Wildman–Crippen LogP) is -3.18. The molecule has 2 heterocycles. The molecule has 0 bridgehead atoms. The van der Waals surface area contributed by atoms with Gasteiger partial charge < -0.3 is 31.6 Å². The van der Waals surface area contributed by atoms with Gasteiger partial charge >= 0.3 is 5.69 Å². The normalized spacial score (nSPS) is 26.2. The minimum absolute atomic E-state index is 0. The van der Waals surface area contributed by atoms with Crippen LogP contribution in [-0.2, 0) is 4.74 Å². The van der Waals surface area contributed by atoms with Gasteiger partial charge in [-0.25, -0.2) is 4.79 Å². The Balaban J connectivity index is 0.00000144. The number of nitrogen functional groups attached to an aromatic ring is 1. The summed E-state index contributed by atoms with van der Waals surface area (Å²) in [4.78, 5) is 15.0. The lowest BCUT2D eigenvalue weighted by Crippen LogP contribution is -2.27. The van der Waals surface area contributed by atoms with E-state index in [2.05, 4.69) is 4.98 Å². The summed E-state index contributed by atoms with van der Waals surface area (Å²) in [5.41, 5.74) is 4.82. The quantitative estimate of drug-likeness (QED) is 0.506. The molecule has 0 spiro atoms. The lowest BCUT2D eigenvalue weighted by Gasteiger charge is -2.13. The zero-order chi connectivity index (χ0) is 11.7. The summed E-state index contributed by atoms with van der Waals surface area (Å²) < 4.78 is 6.56. The van der Waals surface area contributed by atoms with Crippen LogP contribution in [0.5, 0.6) is 0 Å². The van der Waals surface area contributed by atoms with Crippen LogP contribution in [0.15, 0.2) is 17.1 Å². The largest absolute Gasteiger partial charge is 0.412 e. The molecule has 0 unspecified atom stereocenters. The van der Waals surface area contributed by atoms with Crippen LogP contribution in [0, 0.1) is 0 Å². The van der Waals surface area contributed by atoms with Crippen LogP contribution in [0.4, 0.5) is 5.82 Å². The topological polar surface area (TPSA) is 174 Å². The SMILES string of the molecule is Nc1ccn([C@H]2C[C@H](O)[C@@H](CO)O2)c(=O)n1.O.O. The molecule has 3 atom stereocenters. The molecule has 2 rings (SSSR count). The first kappa shape index (κ1) is 16.5. The first-order chi connectivity index (χ1) is 7.61. The molecule has 1 saturated heterocycles. The minimum atomic E-state index is -0.778. The molecule has 8 N–H and O–H groups in total. The van der Waals surface area contributed by atoms with Gasteiger partial charge in [-0.15, -0.1) is 0 Å². The van der Waals surface area contributed by atoms with Crippen molar-refractivity contribution in [1.82, 2.24) is 9.55 Å². The van der Waals surface area contributed by atoms with E-state index in [1.807, 2.05) is 0 Å². The molecule has 9 heteroatoms. The van der Waals surface area contributed by atoms with Gasteiger partial charge in [-0.3, -0.25) is 4.57 Å². The Labute approximate surface area is 102 Å². The van der Waals surface area contributed by atoms with Crippen LogP contribution in [0.2, 0.25) is 0 Å². The summed E-state index contributed by atoms with van der Waals surface area (Å²) in [7, 11) is 0. The fourth-order valence-electron chi connectivity index (χ4n) is 1.70. The van der Waals surface area contributed by atoms with Gasteiger partial charge in [0.05, 0.1) is 12.7 Å². The van der Waals surface area contributed by atoms with Crippen molar-refractivity contribution in [2.24, 2.45) is 0 Å². The number of aliphatic hydroxyl groups is 2. The molecule has 18 heavy (non-hydrogen) atoms. The Bertz CT molecular complexity index is 437. The van der Waals surface area contributed by atoms with Crippen molar-refractivity contribution < 1.29 is 25.9 Å². The average molecular weight is 263 g/mol. The van der Waals surface area contributed by atoms with Crippen molar-refractivity contribution in [3.05, 3.63) is 22.7 Å². The van der Waals surface area contributed by atoms with Gasteiger partial charge in [0.1, 0.15) is 18.1 Å². The third kappa shape index (κ3) is 3.03. The van der Waals surface area contributed by atoms with E-state index in [-0.39, 0.29) is 29.8 Å². The van der Waals surface area contributed by atoms with E-state index in [0.29, 0.717) is 0 Å². The number of nitrogens with two attached hydrogens (primary N) is 1. The number of rotatable bonds is 2. The van der Waals surface area contributed by atoms with Gasteiger partial charge in [0.25, 0.3) is 0 Å². The van der Waals surface area contributed by atoms with Crippen molar-refractivity contribution in [3.63, 3.8) is 0 Å². The van der Waals surface area contributed by atoms with E-state index in [0.717, 1.165) is 0 Å². The molecule has 1 aliphatic rings. The molecular weight excluding hydrogens is 246 g/mol. The van der Waals surface area contributed by atoms with Crippen molar-refractivity contribution in [2.75, 3.05) is 12.3 Å². The Hall–Kier alpha value is -1.52. The first-order valence-corrected chi connectivity index (χ1v) is 4.91. The molecule has 1 aromatic heterocycles. The maximum atomic E-state index is 11.5. The highest BCUT2D eigenvalue weighted by molar-refractivity contribution is 5.23. The summed E-state index contributed by atoms with van der Waals surface area (Å²) in [6, 6.07) is 1.48. The van der Waals surface area contributed by atoms with E-state index in [1.54, 1.807) is 0 Å². The fourth-order valence-corrected chi connectivity index (χ4v) is 1.70. The highest BCUT2D eigenvalue weighted by atomic mass is 16.5. The van der Waals surface area contributed by atoms with E-state index < -0.39 is 24.1 Å². The number of hydrogen-bond acceptors (Lipinski definition) is 6. The fraction of sp³-hybridized carbons (Fsp3) is 0.556. The average Bonchev–Trinajstić information content (AvgIpc) is 2.59. The lowest BCUT2D eigenvalue weighted by molar-refractivity contribution is -0.0458. The molecule has 0 radical (unpaired) electrons. The van der Waals surface area contributed by atoms with Gasteiger partial charge in [0, 0.05) is 12.6 Å². The number of nitrogens with zero attached hydrogens (tertiary/aromatic N) is 2. The van der Waals surface area contributed by atoms with E-state index in [1.165, 1.54) is 16.8 Å². The summed E-state index contributed by atoms with van der Waals surface area (Å²) in [6.07, 6.45) is -0.333. The van der Waals surface area contributed by atoms with Crippen molar-refractivity contribution >= 4 is 5.82 Å². The second-order valence-corrected chi connectivity index (χ2v) is 3.66. The molecule has 9 nitrogen and oxygen atoms in total. The number of aromatic nitrogens is 2. The minimum Gasteiger partial charge on any atom is -0.412 e. The zero-order valence-corrected chi connectivity index (χ0v) is 9.48. The lowest BCUT2D eigenvalue weighted by atomic mass is 10.2. The number of aliphatic hydroxyl groups excluding tert-OH is 2. The number of ether oxygens (including phenoxy) is 1. The summed E-state index contributed by atoms with van der Waals surface area (Å²) in [6.45, 7) is -0.283. The number of hydrogen-bond donors (Lipinski definition) is 3. The molecule has 0 saturated carbocycles. The van der Waals surface area contributed by atoms with Gasteiger partial charge in [-0.05, 0) is 6.07 Å². The molecule has 1 fully saturated rings. The Morgan fingerprint density at radius 2 is 2.22 bits per heavy atom. The molecule has 0 aromatic carbocycles. The van der Waals surface area contributed by atoms with E-state index in [4.69, 9.17) is 15.6 Å². The maximum Gasteiger partial charge on any atom is 0.351 e. The van der Waals surface area contributed by atoms with Gasteiger partial charge in [-0.2, -0.15) is 4.98 Å². The summed E-state index contributed by atoms with van der Waals surface area (Å²) >= 11 is 0. The Kier molecular flexibility index (Phi) is 5.88. The third-order valence-corrected chi connectivity index (χ3v) is 2.55. The van der Waals surface area contributed by atoms with Crippen LogP contribution in [0.1, 0.15) is 12.6 Å². The maximum absolute atomic E-state index is 11.5. The van der Waals surface area contributed by atoms with Crippen LogP contribution < -0.4 is 11.4 Å². The van der Waals surface area contributed by atoms with Crippen LogP contribution in [-0.4, -0.2) is 49.5 Å². The summed E-state index contributed by atoms with van der Waals surface area (Å²) in [5.74, 6) is 0.138. The van der Waals surface area contributed by atoms with Crippen LogP contribution >= 0.6 is 0 Å². The molecule has 0 aliphatic carbocycles. The van der Waals surface area contributed by atoms with Gasteiger partial charge in [0.15, 0.2) is 0 Å². The summed E-state index contributed by atoms with van der Waals surface area (Å²) in [5, 5.41) is 18.4. The third-order valence-electron chi connectivity index (χ3n) is 2.55. The van der Waals surface area contributed by atoms with Crippen molar-refractivity contribution in [1.29, 1.82) is 0 Å². The smallest absolute Gasteiger partial charge is 0.351 e. The molecular formula is C9H17N3O6. The first-order valence-electron chi connectivity index (χ1n) is 4.91. The number of anilines is 1. The van der Waals surface area contributed by atoms with Gasteiger partial charge in [-0.1, -0.05) is 0 Å². The monoisotopic (exact) mass is 263 g/mol. The van der Waals surface area contributed by atoms with Gasteiger partial charge in [0.2, 0.25) is 0 Å². The second-order valence-electron chi connectivity index (χ2n) is 3.66. The van der Waals surface area contributed by atoms with Crippen LogP contribution in [0.25, 0.3) is 0 Å². The second kappa shape index (κ2) is 6.42. The van der Waals surface area contributed by atoms with Crippen molar-refractivity contribution in [2.45, 2.75) is 24.9 Å². The highest BCUT2D eigenvalue weighted by Crippen LogP contribution is 2.27. The van der Waals surface area contributed by atoms with E-state index in [9.17, 15) is 9.90 Å². The standard InChI is InChI=1S/C9H13N3O4.2H2O/c10-7-1-2-12(9(15)11-7)8-3-5(14)6(4-13)16-8;;/h1-2,5-6,8,13-14H,3-4H2,(H2,10,11,15);2*1H2/t5-,6+,8+;;/m0../s1. The van der Waals surface area contributed by atoms with E-state index >= 15 is 0 Å².